The first-order valence-corrected chi connectivity index (χ1v) is 7.52. The molecule has 2 aliphatic heterocycles. The fraction of sp³-hybridized carbons (Fsp3) is 0.900. The molecular weight excluding hydrogens is 244 g/mol. The zero-order valence-corrected chi connectivity index (χ0v) is 10.7. The van der Waals surface area contributed by atoms with Crippen molar-refractivity contribution in [2.24, 2.45) is 0 Å². The van der Waals surface area contributed by atoms with Gasteiger partial charge in [0.05, 0.1) is 23.7 Å². The number of amides is 1. The number of likely N-dealkylation sites (tertiary alicyclic amines) is 1. The van der Waals surface area contributed by atoms with Gasteiger partial charge >= 0.3 is 0 Å². The summed E-state index contributed by atoms with van der Waals surface area (Å²) in [5.74, 6) is 0.0508. The van der Waals surface area contributed by atoms with Crippen LogP contribution in [0, 0.1) is 0 Å². The molecular formula is C10H18N2O4S. The van der Waals surface area contributed by atoms with Crippen LogP contribution < -0.4 is 5.32 Å². The molecule has 2 N–H and O–H groups in total. The van der Waals surface area contributed by atoms with Crippen molar-refractivity contribution in [2.45, 2.75) is 25.0 Å². The van der Waals surface area contributed by atoms with Gasteiger partial charge < -0.3 is 10.4 Å². The largest absolute Gasteiger partial charge is 0.388 e. The van der Waals surface area contributed by atoms with E-state index in [2.05, 4.69) is 5.32 Å². The smallest absolute Gasteiger partial charge is 0.234 e. The quantitative estimate of drug-likeness (QED) is 0.637. The normalized spacial score (nSPS) is 30.8. The van der Waals surface area contributed by atoms with Crippen LogP contribution in [-0.2, 0) is 14.6 Å². The third-order valence-corrected chi connectivity index (χ3v) is 4.86. The molecule has 2 fully saturated rings. The summed E-state index contributed by atoms with van der Waals surface area (Å²) in [7, 11) is -2.95. The van der Waals surface area contributed by atoms with Gasteiger partial charge in [-0.1, -0.05) is 0 Å². The number of carbonyl (C=O) groups is 1. The van der Waals surface area contributed by atoms with Crippen molar-refractivity contribution in [2.75, 3.05) is 31.1 Å². The predicted octanol–water partition coefficient (Wildman–Crippen LogP) is -1.64. The molecule has 1 atom stereocenters. The summed E-state index contributed by atoms with van der Waals surface area (Å²) in [5.41, 5.74) is -0.684. The third-order valence-electron chi connectivity index (χ3n) is 3.09. The second-order valence-corrected chi connectivity index (χ2v) is 7.54. The molecule has 0 saturated carbocycles. The Morgan fingerprint density at radius 3 is 2.65 bits per heavy atom. The van der Waals surface area contributed by atoms with Crippen molar-refractivity contribution in [3.8, 4) is 0 Å². The summed E-state index contributed by atoms with van der Waals surface area (Å²) in [6, 6.07) is -0.241. The molecule has 7 heteroatoms. The van der Waals surface area contributed by atoms with Crippen LogP contribution in [0.15, 0.2) is 0 Å². The number of nitrogens with one attached hydrogen (secondary N) is 1. The van der Waals surface area contributed by atoms with Crippen LogP contribution in [0.3, 0.4) is 0 Å². The minimum atomic E-state index is -2.95. The number of rotatable bonds is 3. The molecule has 0 aliphatic carbocycles. The highest BCUT2D eigenvalue weighted by Crippen LogP contribution is 2.19. The number of sulfone groups is 1. The van der Waals surface area contributed by atoms with Gasteiger partial charge in [0.25, 0.3) is 0 Å². The van der Waals surface area contributed by atoms with Crippen LogP contribution >= 0.6 is 0 Å². The number of aliphatic hydroxyl groups is 1. The molecule has 0 aromatic rings. The van der Waals surface area contributed by atoms with E-state index in [9.17, 15) is 18.3 Å². The highest BCUT2D eigenvalue weighted by Gasteiger charge is 2.37. The molecule has 2 rings (SSSR count). The lowest BCUT2D eigenvalue weighted by Gasteiger charge is -2.43. The van der Waals surface area contributed by atoms with Crippen LogP contribution in [0.2, 0.25) is 0 Å². The molecule has 6 nitrogen and oxygen atoms in total. The van der Waals surface area contributed by atoms with Crippen LogP contribution in [0.4, 0.5) is 0 Å². The molecule has 0 aromatic heterocycles. The van der Waals surface area contributed by atoms with Gasteiger partial charge in [0.1, 0.15) is 0 Å². The van der Waals surface area contributed by atoms with Gasteiger partial charge in [-0.05, 0) is 13.3 Å². The van der Waals surface area contributed by atoms with Gasteiger partial charge in [-0.2, -0.15) is 0 Å². The minimum absolute atomic E-state index is 0.0520. The number of carbonyl (C=O) groups excluding carboxylic acids is 1. The molecule has 0 aromatic carbocycles. The second-order valence-electron chi connectivity index (χ2n) is 5.31. The molecule has 0 spiro atoms. The van der Waals surface area contributed by atoms with Crippen LogP contribution in [-0.4, -0.2) is 67.1 Å². The van der Waals surface area contributed by atoms with Crippen molar-refractivity contribution in [1.29, 1.82) is 0 Å². The molecule has 2 heterocycles. The highest BCUT2D eigenvalue weighted by molar-refractivity contribution is 7.91. The zero-order valence-electron chi connectivity index (χ0n) is 9.85. The van der Waals surface area contributed by atoms with Gasteiger partial charge in [-0.15, -0.1) is 0 Å². The molecule has 17 heavy (non-hydrogen) atoms. The lowest BCUT2D eigenvalue weighted by Crippen LogP contribution is -2.62. The summed E-state index contributed by atoms with van der Waals surface area (Å²) in [6.45, 7) is 2.93. The average Bonchev–Trinajstić information content (AvgIpc) is 2.41. The molecule has 1 unspecified atom stereocenters. The maximum Gasteiger partial charge on any atom is 0.234 e. The Morgan fingerprint density at radius 1 is 1.53 bits per heavy atom. The Labute approximate surface area is 101 Å². The second kappa shape index (κ2) is 4.22. The molecule has 1 amide bonds. The maximum atomic E-state index is 11.6. The maximum absolute atomic E-state index is 11.6. The Hall–Kier alpha value is -0.660. The molecule has 2 saturated heterocycles. The topological polar surface area (TPSA) is 86.7 Å². The zero-order chi connectivity index (χ0) is 12.7. The number of hydrogen-bond acceptors (Lipinski definition) is 5. The predicted molar refractivity (Wildman–Crippen MR) is 62.3 cm³/mol. The minimum Gasteiger partial charge on any atom is -0.388 e. The third kappa shape index (κ3) is 3.40. The first-order chi connectivity index (χ1) is 7.76. The highest BCUT2D eigenvalue weighted by atomic mass is 32.2. The Balaban J connectivity index is 1.72. The lowest BCUT2D eigenvalue weighted by atomic mass is 9.97. The summed E-state index contributed by atoms with van der Waals surface area (Å²) in [6.07, 6.45) is 0.506. The van der Waals surface area contributed by atoms with Crippen LogP contribution in [0.5, 0.6) is 0 Å². The van der Waals surface area contributed by atoms with Crippen molar-refractivity contribution < 1.29 is 18.3 Å². The fourth-order valence-electron chi connectivity index (χ4n) is 2.41. The Kier molecular flexibility index (Phi) is 3.17. The molecule has 0 bridgehead atoms. The summed E-state index contributed by atoms with van der Waals surface area (Å²) in [4.78, 5) is 13.4. The monoisotopic (exact) mass is 262 g/mol. The molecule has 0 radical (unpaired) electrons. The van der Waals surface area contributed by atoms with Gasteiger partial charge in [0.15, 0.2) is 9.84 Å². The lowest BCUT2D eigenvalue weighted by molar-refractivity contribution is -0.130. The van der Waals surface area contributed by atoms with Crippen molar-refractivity contribution in [3.63, 3.8) is 0 Å². The number of hydrogen-bond donors (Lipinski definition) is 2. The van der Waals surface area contributed by atoms with E-state index in [1.165, 1.54) is 0 Å². The van der Waals surface area contributed by atoms with E-state index in [-0.39, 0.29) is 30.0 Å². The van der Waals surface area contributed by atoms with Gasteiger partial charge in [0, 0.05) is 19.1 Å². The van der Waals surface area contributed by atoms with E-state index in [4.69, 9.17) is 0 Å². The Morgan fingerprint density at radius 2 is 2.18 bits per heavy atom. The van der Waals surface area contributed by atoms with Crippen molar-refractivity contribution in [3.05, 3.63) is 0 Å². The van der Waals surface area contributed by atoms with Crippen molar-refractivity contribution in [1.82, 2.24) is 10.2 Å². The van der Waals surface area contributed by atoms with E-state index in [1.807, 2.05) is 4.90 Å². The van der Waals surface area contributed by atoms with E-state index < -0.39 is 15.4 Å². The van der Waals surface area contributed by atoms with E-state index >= 15 is 0 Å². The van der Waals surface area contributed by atoms with Gasteiger partial charge in [0.2, 0.25) is 5.91 Å². The summed E-state index contributed by atoms with van der Waals surface area (Å²) in [5, 5.41) is 12.2. The van der Waals surface area contributed by atoms with E-state index in [1.54, 1.807) is 6.92 Å². The van der Waals surface area contributed by atoms with Crippen LogP contribution in [0.1, 0.15) is 13.3 Å². The average molecular weight is 262 g/mol. The number of β-amino-alcohol motifs (C(OH)–C–C–N with tert-alkyl or cyclic N) is 1. The van der Waals surface area contributed by atoms with Crippen LogP contribution in [0.25, 0.3) is 0 Å². The summed E-state index contributed by atoms with van der Waals surface area (Å²) < 4.78 is 22.4. The standard InChI is InChI=1S/C10H18N2O4S/c1-10(14)6-12(7-10)4-9(13)11-8-2-3-17(15,16)5-8/h8,14H,2-7H2,1H3,(H,11,13). The van der Waals surface area contributed by atoms with Gasteiger partial charge in [-0.3, -0.25) is 9.69 Å². The fourth-order valence-corrected chi connectivity index (χ4v) is 4.09. The molecule has 2 aliphatic rings. The first-order valence-electron chi connectivity index (χ1n) is 5.70. The molecule has 98 valence electrons. The Bertz CT molecular complexity index is 410. The van der Waals surface area contributed by atoms with Crippen molar-refractivity contribution >= 4 is 15.7 Å². The van der Waals surface area contributed by atoms with E-state index in [0.29, 0.717) is 19.5 Å². The first kappa shape index (κ1) is 12.8. The van der Waals surface area contributed by atoms with E-state index in [0.717, 1.165) is 0 Å². The number of nitrogens with zero attached hydrogens (tertiary/aromatic N) is 1. The summed E-state index contributed by atoms with van der Waals surface area (Å²) >= 11 is 0. The van der Waals surface area contributed by atoms with Gasteiger partial charge in [-0.25, -0.2) is 8.42 Å². The SMILES string of the molecule is CC1(O)CN(CC(=O)NC2CCS(=O)(=O)C2)C1.